The number of amides is 2. The van der Waals surface area contributed by atoms with Crippen LogP contribution < -0.4 is 9.91 Å². The lowest BCUT2D eigenvalue weighted by molar-refractivity contribution is -0.118. The largest absolute Gasteiger partial charge is 0.306 e. The first-order valence-electron chi connectivity index (χ1n) is 9.16. The molecule has 2 heterocycles. The molecule has 2 aromatic carbocycles. The van der Waals surface area contributed by atoms with Crippen LogP contribution in [0.25, 0.3) is 0 Å². The molecule has 5 nitrogen and oxygen atoms in total. The van der Waals surface area contributed by atoms with E-state index in [1.165, 1.54) is 5.01 Å². The minimum Gasteiger partial charge on any atom is -0.306 e. The van der Waals surface area contributed by atoms with Gasteiger partial charge in [-0.3, -0.25) is 9.59 Å². The molecule has 0 aliphatic carbocycles. The second-order valence-corrected chi connectivity index (χ2v) is 8.21. The molecule has 0 saturated heterocycles. The molecule has 138 valence electrons. The summed E-state index contributed by atoms with van der Waals surface area (Å²) in [5.74, 6) is -0.191. The van der Waals surface area contributed by atoms with Crippen LogP contribution in [0.5, 0.6) is 0 Å². The van der Waals surface area contributed by atoms with Crippen LogP contribution in [0.1, 0.15) is 26.2 Å². The lowest BCUT2D eigenvalue weighted by Crippen LogP contribution is -2.42. The lowest BCUT2D eigenvalue weighted by atomic mass is 10.1. The molecule has 27 heavy (non-hydrogen) atoms. The molecule has 6 heteroatoms. The fourth-order valence-electron chi connectivity index (χ4n) is 3.33. The number of carbonyl (C=O) groups is 2. The number of para-hydroxylation sites is 2. The molecule has 0 saturated carbocycles. The summed E-state index contributed by atoms with van der Waals surface area (Å²) in [5, 5.41) is 6.24. The van der Waals surface area contributed by atoms with Crippen molar-refractivity contribution in [1.82, 2.24) is 0 Å². The Bertz CT molecular complexity index is 897. The maximum Gasteiger partial charge on any atom is 0.274 e. The highest BCUT2D eigenvalue weighted by molar-refractivity contribution is 8.00. The van der Waals surface area contributed by atoms with Crippen molar-refractivity contribution in [2.75, 3.05) is 16.5 Å². The number of nitrogens with zero attached hydrogens (tertiary/aromatic N) is 3. The van der Waals surface area contributed by atoms with Crippen LogP contribution >= 0.6 is 11.8 Å². The van der Waals surface area contributed by atoms with E-state index in [-0.39, 0.29) is 11.8 Å². The number of anilines is 2. The Labute approximate surface area is 163 Å². The third-order valence-corrected chi connectivity index (χ3v) is 6.01. The number of carbonyl (C=O) groups excluding carboxylic acids is 2. The Morgan fingerprint density at radius 2 is 1.81 bits per heavy atom. The topological polar surface area (TPSA) is 53.0 Å². The second-order valence-electron chi connectivity index (χ2n) is 6.73. The summed E-state index contributed by atoms with van der Waals surface area (Å²) in [7, 11) is 0. The average molecular weight is 379 g/mol. The summed E-state index contributed by atoms with van der Waals surface area (Å²) >= 11 is 1.80. The van der Waals surface area contributed by atoms with Gasteiger partial charge in [-0.25, -0.2) is 5.01 Å². The Hall–Kier alpha value is -2.60. The highest BCUT2D eigenvalue weighted by Crippen LogP contribution is 2.37. The third kappa shape index (κ3) is 3.62. The first-order valence-corrected chi connectivity index (χ1v) is 10.0. The predicted molar refractivity (Wildman–Crippen MR) is 109 cm³/mol. The van der Waals surface area contributed by atoms with Gasteiger partial charge in [0.1, 0.15) is 5.71 Å². The molecule has 0 bridgehead atoms. The van der Waals surface area contributed by atoms with Gasteiger partial charge in [0.25, 0.3) is 5.91 Å². The summed E-state index contributed by atoms with van der Waals surface area (Å²) in [6.45, 7) is 2.84. The van der Waals surface area contributed by atoms with Crippen molar-refractivity contribution in [2.45, 2.75) is 36.3 Å². The van der Waals surface area contributed by atoms with Crippen LogP contribution in [0.4, 0.5) is 11.4 Å². The summed E-state index contributed by atoms with van der Waals surface area (Å²) < 4.78 is 0. The van der Waals surface area contributed by atoms with Crippen molar-refractivity contribution in [2.24, 2.45) is 5.10 Å². The maximum absolute atomic E-state index is 13.3. The van der Waals surface area contributed by atoms with Crippen molar-refractivity contribution in [3.05, 3.63) is 54.6 Å². The van der Waals surface area contributed by atoms with E-state index in [2.05, 4.69) is 18.1 Å². The molecule has 0 radical (unpaired) electrons. The monoisotopic (exact) mass is 379 g/mol. The molecule has 1 atom stereocenters. The molecular weight excluding hydrogens is 358 g/mol. The first kappa shape index (κ1) is 17.8. The van der Waals surface area contributed by atoms with E-state index < -0.39 is 0 Å². The summed E-state index contributed by atoms with van der Waals surface area (Å²) in [4.78, 5) is 28.6. The first-order chi connectivity index (χ1) is 13.1. The molecular formula is C21H21N3O2S. The number of hydrogen-bond acceptors (Lipinski definition) is 4. The summed E-state index contributed by atoms with van der Waals surface area (Å²) in [5.41, 5.74) is 2.06. The Morgan fingerprint density at radius 3 is 2.63 bits per heavy atom. The van der Waals surface area contributed by atoms with Gasteiger partial charge in [0.05, 0.1) is 11.4 Å². The molecule has 0 N–H and O–H groups in total. The number of hydrazone groups is 1. The zero-order chi connectivity index (χ0) is 18.8. The van der Waals surface area contributed by atoms with Crippen LogP contribution in [0.2, 0.25) is 0 Å². The van der Waals surface area contributed by atoms with Crippen LogP contribution in [-0.4, -0.2) is 29.3 Å². The van der Waals surface area contributed by atoms with Crippen LogP contribution in [0, 0.1) is 0 Å². The summed E-state index contributed by atoms with van der Waals surface area (Å²) in [6.07, 6.45) is 1.59. The van der Waals surface area contributed by atoms with E-state index in [4.69, 9.17) is 0 Å². The van der Waals surface area contributed by atoms with Crippen LogP contribution in [0.3, 0.4) is 0 Å². The molecule has 0 spiro atoms. The van der Waals surface area contributed by atoms with Gasteiger partial charge in [-0.2, -0.15) is 5.10 Å². The highest BCUT2D eigenvalue weighted by atomic mass is 32.2. The number of thioether (sulfide) groups is 1. The van der Waals surface area contributed by atoms with E-state index in [1.54, 1.807) is 11.8 Å². The van der Waals surface area contributed by atoms with Gasteiger partial charge in [0.15, 0.2) is 0 Å². The molecule has 2 aromatic rings. The van der Waals surface area contributed by atoms with E-state index in [1.807, 2.05) is 53.4 Å². The number of rotatable bonds is 2. The van der Waals surface area contributed by atoms with Crippen molar-refractivity contribution in [3.8, 4) is 0 Å². The van der Waals surface area contributed by atoms with E-state index in [0.29, 0.717) is 36.0 Å². The molecule has 4 rings (SSSR count). The standard InChI is InChI=1S/C21H21N3O2S/c1-15-13-14-23(18-9-5-6-10-19(18)27-15)21(26)17-11-12-20(25)24(22-17)16-7-3-2-4-8-16/h2-10,15H,11-14H2,1H3. The molecule has 2 aliphatic heterocycles. The average Bonchev–Trinajstić information content (AvgIpc) is 2.86. The van der Waals surface area contributed by atoms with Gasteiger partial charge in [0.2, 0.25) is 5.91 Å². The normalized spacial score (nSPS) is 20.0. The fraction of sp³-hybridized carbons (Fsp3) is 0.286. The third-order valence-electron chi connectivity index (χ3n) is 4.77. The molecule has 0 aromatic heterocycles. The summed E-state index contributed by atoms with van der Waals surface area (Å²) in [6, 6.07) is 17.3. The molecule has 2 amide bonds. The Morgan fingerprint density at radius 1 is 1.07 bits per heavy atom. The van der Waals surface area contributed by atoms with E-state index >= 15 is 0 Å². The van der Waals surface area contributed by atoms with E-state index in [9.17, 15) is 9.59 Å². The molecule has 1 unspecified atom stereocenters. The van der Waals surface area contributed by atoms with Crippen LogP contribution in [0.15, 0.2) is 64.6 Å². The van der Waals surface area contributed by atoms with Gasteiger partial charge in [-0.05, 0) is 30.7 Å². The minimum atomic E-state index is -0.106. The van der Waals surface area contributed by atoms with Gasteiger partial charge >= 0.3 is 0 Å². The second kappa shape index (κ2) is 7.56. The van der Waals surface area contributed by atoms with Gasteiger partial charge in [0, 0.05) is 29.5 Å². The van der Waals surface area contributed by atoms with Crippen molar-refractivity contribution < 1.29 is 9.59 Å². The quantitative estimate of drug-likeness (QED) is 0.790. The predicted octanol–water partition coefficient (Wildman–Crippen LogP) is 4.09. The van der Waals surface area contributed by atoms with Crippen molar-refractivity contribution in [1.29, 1.82) is 0 Å². The SMILES string of the molecule is CC1CCN(C(=O)C2=NN(c3ccccc3)C(=O)CC2)c2ccccc2S1. The Balaban J connectivity index is 1.67. The number of fused-ring (bicyclic) bond motifs is 1. The smallest absolute Gasteiger partial charge is 0.274 e. The van der Waals surface area contributed by atoms with Crippen molar-refractivity contribution in [3.63, 3.8) is 0 Å². The van der Waals surface area contributed by atoms with Crippen LogP contribution in [-0.2, 0) is 9.59 Å². The number of benzene rings is 2. The zero-order valence-corrected chi connectivity index (χ0v) is 16.0. The molecule has 0 fully saturated rings. The number of hydrogen-bond donors (Lipinski definition) is 0. The minimum absolute atomic E-state index is 0.0850. The van der Waals surface area contributed by atoms with Gasteiger partial charge in [-0.15, -0.1) is 11.8 Å². The van der Waals surface area contributed by atoms with Gasteiger partial charge in [-0.1, -0.05) is 37.3 Å². The fourth-order valence-corrected chi connectivity index (χ4v) is 4.44. The maximum atomic E-state index is 13.3. The molecule has 2 aliphatic rings. The Kier molecular flexibility index (Phi) is 4.99. The lowest BCUT2D eigenvalue weighted by Gasteiger charge is -2.27. The van der Waals surface area contributed by atoms with Crippen molar-refractivity contribution >= 4 is 40.7 Å². The van der Waals surface area contributed by atoms with E-state index in [0.717, 1.165) is 17.0 Å². The highest BCUT2D eigenvalue weighted by Gasteiger charge is 2.31. The van der Waals surface area contributed by atoms with Gasteiger partial charge < -0.3 is 4.90 Å². The zero-order valence-electron chi connectivity index (χ0n) is 15.2.